The van der Waals surface area contributed by atoms with E-state index in [-0.39, 0.29) is 11.4 Å². The van der Waals surface area contributed by atoms with Gasteiger partial charge in [0.2, 0.25) is 5.88 Å². The highest BCUT2D eigenvalue weighted by atomic mass is 16.5. The molecule has 88 valence electrons. The second-order valence-electron chi connectivity index (χ2n) is 3.62. The first kappa shape index (κ1) is 12.4. The summed E-state index contributed by atoms with van der Waals surface area (Å²) in [5, 5.41) is 16.6. The van der Waals surface area contributed by atoms with E-state index >= 15 is 0 Å². The molecule has 0 aliphatic rings. The average Bonchev–Trinajstić information content (AvgIpc) is 2.25. The van der Waals surface area contributed by atoms with Gasteiger partial charge in [0.25, 0.3) is 0 Å². The second-order valence-corrected chi connectivity index (χ2v) is 3.62. The van der Waals surface area contributed by atoms with E-state index in [9.17, 15) is 4.79 Å². The van der Waals surface area contributed by atoms with Gasteiger partial charge in [-0.3, -0.25) is 0 Å². The number of carboxylic acid groups (broad SMARTS) is 1. The van der Waals surface area contributed by atoms with Crippen molar-refractivity contribution in [3.8, 4) is 5.88 Å². The number of aromatic carboxylic acids is 1. The number of aromatic nitrogens is 2. The SMILES string of the molecule is COc1nnc(CCN(C)C)cc1C(=O)O. The summed E-state index contributed by atoms with van der Waals surface area (Å²) in [6.07, 6.45) is 0.657. The fourth-order valence-corrected chi connectivity index (χ4v) is 1.19. The largest absolute Gasteiger partial charge is 0.479 e. The number of likely N-dealkylation sites (N-methyl/N-ethyl adjacent to an activating group) is 1. The summed E-state index contributed by atoms with van der Waals surface area (Å²) in [6, 6.07) is 1.50. The van der Waals surface area contributed by atoms with Crippen molar-refractivity contribution >= 4 is 5.97 Å². The van der Waals surface area contributed by atoms with Gasteiger partial charge >= 0.3 is 5.97 Å². The molecular formula is C10H15N3O3. The Morgan fingerprint density at radius 1 is 1.50 bits per heavy atom. The predicted molar refractivity (Wildman–Crippen MR) is 57.8 cm³/mol. The lowest BCUT2D eigenvalue weighted by Crippen LogP contribution is -2.16. The standard InChI is InChI=1S/C10H15N3O3/c1-13(2)5-4-7-6-8(10(14)15)9(16-3)12-11-7/h6H,4-5H2,1-3H3,(H,14,15). The molecule has 1 heterocycles. The Morgan fingerprint density at radius 2 is 2.19 bits per heavy atom. The summed E-state index contributed by atoms with van der Waals surface area (Å²) in [5.74, 6) is -1.01. The van der Waals surface area contributed by atoms with Crippen LogP contribution >= 0.6 is 0 Å². The van der Waals surface area contributed by atoms with Crippen molar-refractivity contribution in [3.63, 3.8) is 0 Å². The number of methoxy groups -OCH3 is 1. The Balaban J connectivity index is 2.89. The van der Waals surface area contributed by atoms with E-state index in [4.69, 9.17) is 9.84 Å². The number of rotatable bonds is 5. The third-order valence-corrected chi connectivity index (χ3v) is 2.05. The number of ether oxygens (including phenoxy) is 1. The zero-order chi connectivity index (χ0) is 12.1. The van der Waals surface area contributed by atoms with E-state index in [0.29, 0.717) is 12.1 Å². The number of nitrogens with zero attached hydrogens (tertiary/aromatic N) is 3. The van der Waals surface area contributed by atoms with Crippen LogP contribution in [0.15, 0.2) is 6.07 Å². The lowest BCUT2D eigenvalue weighted by atomic mass is 10.2. The maximum Gasteiger partial charge on any atom is 0.341 e. The molecule has 0 saturated heterocycles. The molecule has 0 spiro atoms. The highest BCUT2D eigenvalue weighted by Gasteiger charge is 2.14. The lowest BCUT2D eigenvalue weighted by molar-refractivity contribution is 0.0692. The number of hydrogen-bond acceptors (Lipinski definition) is 5. The van der Waals surface area contributed by atoms with Crippen LogP contribution in [0.1, 0.15) is 16.1 Å². The third kappa shape index (κ3) is 3.16. The van der Waals surface area contributed by atoms with Gasteiger partial charge in [-0.15, -0.1) is 5.10 Å². The molecule has 1 N–H and O–H groups in total. The van der Waals surface area contributed by atoms with Crippen LogP contribution in [0.3, 0.4) is 0 Å². The van der Waals surface area contributed by atoms with Gasteiger partial charge in [0.1, 0.15) is 5.56 Å². The Morgan fingerprint density at radius 3 is 2.69 bits per heavy atom. The highest BCUT2D eigenvalue weighted by Crippen LogP contribution is 2.14. The van der Waals surface area contributed by atoms with E-state index in [0.717, 1.165) is 6.54 Å². The van der Waals surface area contributed by atoms with Crippen LogP contribution in [0.25, 0.3) is 0 Å². The molecule has 0 amide bonds. The van der Waals surface area contributed by atoms with Gasteiger partial charge in [-0.2, -0.15) is 5.10 Å². The minimum Gasteiger partial charge on any atom is -0.479 e. The number of carbonyl (C=O) groups is 1. The van der Waals surface area contributed by atoms with Crippen molar-refractivity contribution in [3.05, 3.63) is 17.3 Å². The van der Waals surface area contributed by atoms with Gasteiger partial charge in [-0.05, 0) is 20.2 Å². The van der Waals surface area contributed by atoms with Gasteiger partial charge in [0.15, 0.2) is 0 Å². The Labute approximate surface area is 93.9 Å². The van der Waals surface area contributed by atoms with E-state index in [1.165, 1.54) is 13.2 Å². The first-order chi connectivity index (χ1) is 7.54. The van der Waals surface area contributed by atoms with E-state index in [1.54, 1.807) is 0 Å². The number of carboxylic acids is 1. The molecule has 6 heteroatoms. The molecule has 0 radical (unpaired) electrons. The average molecular weight is 225 g/mol. The molecule has 6 nitrogen and oxygen atoms in total. The van der Waals surface area contributed by atoms with Crippen molar-refractivity contribution in [2.75, 3.05) is 27.7 Å². The van der Waals surface area contributed by atoms with E-state index in [1.807, 2.05) is 19.0 Å². The Bertz CT molecular complexity index is 380. The van der Waals surface area contributed by atoms with E-state index < -0.39 is 5.97 Å². The molecule has 0 atom stereocenters. The molecule has 1 rings (SSSR count). The molecule has 0 aliphatic carbocycles. The lowest BCUT2D eigenvalue weighted by Gasteiger charge is -2.09. The van der Waals surface area contributed by atoms with Crippen LogP contribution in [0.5, 0.6) is 5.88 Å². The monoisotopic (exact) mass is 225 g/mol. The Kier molecular flexibility index (Phi) is 4.19. The summed E-state index contributed by atoms with van der Waals surface area (Å²) in [4.78, 5) is 12.9. The van der Waals surface area contributed by atoms with Crippen molar-refractivity contribution in [1.29, 1.82) is 0 Å². The predicted octanol–water partition coefficient (Wildman–Crippen LogP) is 0.288. The molecule has 0 aliphatic heterocycles. The summed E-state index contributed by atoms with van der Waals surface area (Å²) >= 11 is 0. The maximum atomic E-state index is 10.9. The first-order valence-corrected chi connectivity index (χ1v) is 4.83. The molecule has 1 aromatic heterocycles. The van der Waals surface area contributed by atoms with Crippen LogP contribution in [0.4, 0.5) is 0 Å². The van der Waals surface area contributed by atoms with Crippen molar-refractivity contribution in [2.24, 2.45) is 0 Å². The van der Waals surface area contributed by atoms with Crippen LogP contribution < -0.4 is 4.74 Å². The molecule has 0 saturated carbocycles. The highest BCUT2D eigenvalue weighted by molar-refractivity contribution is 5.90. The van der Waals surface area contributed by atoms with Crippen molar-refractivity contribution < 1.29 is 14.6 Å². The fourth-order valence-electron chi connectivity index (χ4n) is 1.19. The minimum atomic E-state index is -1.06. The normalized spacial score (nSPS) is 10.5. The molecule has 0 unspecified atom stereocenters. The zero-order valence-corrected chi connectivity index (χ0v) is 9.60. The van der Waals surface area contributed by atoms with Crippen LogP contribution in [-0.2, 0) is 6.42 Å². The topological polar surface area (TPSA) is 75.6 Å². The smallest absolute Gasteiger partial charge is 0.341 e. The molecule has 0 aromatic carbocycles. The molecule has 0 bridgehead atoms. The summed E-state index contributed by atoms with van der Waals surface area (Å²) < 4.78 is 4.82. The van der Waals surface area contributed by atoms with Gasteiger partial charge in [0.05, 0.1) is 12.8 Å². The maximum absolute atomic E-state index is 10.9. The van der Waals surface area contributed by atoms with Gasteiger partial charge in [-0.1, -0.05) is 0 Å². The van der Waals surface area contributed by atoms with Crippen molar-refractivity contribution in [2.45, 2.75) is 6.42 Å². The Hall–Kier alpha value is -1.69. The summed E-state index contributed by atoms with van der Waals surface area (Å²) in [7, 11) is 5.25. The first-order valence-electron chi connectivity index (χ1n) is 4.83. The van der Waals surface area contributed by atoms with Crippen molar-refractivity contribution in [1.82, 2.24) is 15.1 Å². The van der Waals surface area contributed by atoms with Gasteiger partial charge in [-0.25, -0.2) is 4.79 Å². The summed E-state index contributed by atoms with van der Waals surface area (Å²) in [6.45, 7) is 0.792. The van der Waals surface area contributed by atoms with Gasteiger partial charge < -0.3 is 14.7 Å². The van der Waals surface area contributed by atoms with Gasteiger partial charge in [0, 0.05) is 13.0 Å². The number of hydrogen-bond donors (Lipinski definition) is 1. The molecule has 1 aromatic rings. The van der Waals surface area contributed by atoms with Crippen LogP contribution in [0.2, 0.25) is 0 Å². The molecule has 0 fully saturated rings. The van der Waals surface area contributed by atoms with E-state index in [2.05, 4.69) is 10.2 Å². The van der Waals surface area contributed by atoms with Crippen LogP contribution in [-0.4, -0.2) is 53.9 Å². The van der Waals surface area contributed by atoms with Crippen LogP contribution in [0, 0.1) is 0 Å². The summed E-state index contributed by atoms with van der Waals surface area (Å²) in [5.41, 5.74) is 0.693. The zero-order valence-electron chi connectivity index (χ0n) is 9.60. The molecule has 16 heavy (non-hydrogen) atoms. The quantitative estimate of drug-likeness (QED) is 0.776. The fraction of sp³-hybridized carbons (Fsp3) is 0.500. The third-order valence-electron chi connectivity index (χ3n) is 2.05. The minimum absolute atomic E-state index is 0.0427. The molecular weight excluding hydrogens is 210 g/mol. The second kappa shape index (κ2) is 5.41.